The lowest BCUT2D eigenvalue weighted by Gasteiger charge is -2.26. The van der Waals surface area contributed by atoms with E-state index >= 15 is 0 Å². The SMILES string of the molecule is Cc1ccccc1-n1nc(C(C)(C)C)c2c1N(CC(=O)N1CCCC1)C(=O)CSC2c1ccc2c(c1)OCO2. The first kappa shape index (κ1) is 25.8. The van der Waals surface area contributed by atoms with Crippen molar-refractivity contribution in [3.05, 3.63) is 64.8 Å². The standard InChI is InChI=1S/C30H34N4O4S/c1-19-9-5-6-10-21(19)34-29-26(28(31-34)30(2,3)4)27(20-11-12-22-23(15-20)38-18-37-22)39-17-25(36)33(29)16-24(35)32-13-7-8-14-32/h5-6,9-12,15,27H,7-8,13-14,16-18H2,1-4H3. The highest BCUT2D eigenvalue weighted by Gasteiger charge is 2.41. The van der Waals surface area contributed by atoms with Crippen LogP contribution in [0.2, 0.25) is 0 Å². The van der Waals surface area contributed by atoms with Gasteiger partial charge in [-0.2, -0.15) is 5.10 Å². The molecule has 3 aromatic rings. The van der Waals surface area contributed by atoms with Crippen LogP contribution in [0, 0.1) is 6.92 Å². The molecule has 0 aliphatic carbocycles. The number of carbonyl (C=O) groups is 2. The summed E-state index contributed by atoms with van der Waals surface area (Å²) in [7, 11) is 0. The van der Waals surface area contributed by atoms with Gasteiger partial charge in [0.25, 0.3) is 0 Å². The Hall–Kier alpha value is -3.46. The lowest BCUT2D eigenvalue weighted by atomic mass is 9.87. The fraction of sp³-hybridized carbons (Fsp3) is 0.433. The van der Waals surface area contributed by atoms with Gasteiger partial charge < -0.3 is 14.4 Å². The van der Waals surface area contributed by atoms with Crippen molar-refractivity contribution >= 4 is 29.4 Å². The highest BCUT2D eigenvalue weighted by atomic mass is 32.2. The molecule has 0 saturated carbocycles. The van der Waals surface area contributed by atoms with Crippen LogP contribution < -0.4 is 14.4 Å². The second kappa shape index (κ2) is 9.93. The molecule has 6 rings (SSSR count). The molecular formula is C30H34N4O4S. The fourth-order valence-corrected chi connectivity index (χ4v) is 6.77. The number of carbonyl (C=O) groups excluding carboxylic acids is 2. The smallest absolute Gasteiger partial charge is 0.242 e. The molecule has 0 spiro atoms. The number of thioether (sulfide) groups is 1. The van der Waals surface area contributed by atoms with Crippen LogP contribution in [-0.4, -0.2) is 58.7 Å². The van der Waals surface area contributed by atoms with Crippen LogP contribution in [0.3, 0.4) is 0 Å². The summed E-state index contributed by atoms with van der Waals surface area (Å²) in [6.07, 6.45) is 2.00. The third kappa shape index (κ3) is 4.67. The first-order valence-corrected chi connectivity index (χ1v) is 14.6. The van der Waals surface area contributed by atoms with E-state index in [1.807, 2.05) is 59.0 Å². The largest absolute Gasteiger partial charge is 0.454 e. The summed E-state index contributed by atoms with van der Waals surface area (Å²) >= 11 is 1.57. The van der Waals surface area contributed by atoms with Crippen molar-refractivity contribution in [3.8, 4) is 17.2 Å². The highest BCUT2D eigenvalue weighted by Crippen LogP contribution is 2.50. The van der Waals surface area contributed by atoms with Gasteiger partial charge in [-0.15, -0.1) is 11.8 Å². The molecule has 1 aromatic heterocycles. The molecule has 2 amide bonds. The first-order valence-electron chi connectivity index (χ1n) is 13.5. The van der Waals surface area contributed by atoms with Crippen molar-refractivity contribution in [2.75, 3.05) is 37.1 Å². The number of likely N-dealkylation sites (tertiary alicyclic amines) is 1. The van der Waals surface area contributed by atoms with Crippen molar-refractivity contribution < 1.29 is 19.1 Å². The molecule has 204 valence electrons. The second-order valence-electron chi connectivity index (χ2n) is 11.4. The van der Waals surface area contributed by atoms with E-state index in [2.05, 4.69) is 20.8 Å². The average molecular weight is 547 g/mol. The van der Waals surface area contributed by atoms with Crippen LogP contribution in [0.5, 0.6) is 11.5 Å². The molecule has 1 saturated heterocycles. The number of hydrogen-bond donors (Lipinski definition) is 0. The first-order chi connectivity index (χ1) is 18.7. The Kier molecular flexibility index (Phi) is 6.57. The van der Waals surface area contributed by atoms with Crippen molar-refractivity contribution in [2.45, 2.75) is 51.2 Å². The van der Waals surface area contributed by atoms with Crippen LogP contribution in [0.25, 0.3) is 5.69 Å². The summed E-state index contributed by atoms with van der Waals surface area (Å²) in [5, 5.41) is 5.02. The maximum Gasteiger partial charge on any atom is 0.242 e. The van der Waals surface area contributed by atoms with E-state index in [0.717, 1.165) is 59.8 Å². The lowest BCUT2D eigenvalue weighted by molar-refractivity contribution is -0.130. The number of rotatable bonds is 4. The summed E-state index contributed by atoms with van der Waals surface area (Å²) in [5.41, 5.74) is 4.51. The average Bonchev–Trinajstić information content (AvgIpc) is 3.66. The minimum Gasteiger partial charge on any atom is -0.454 e. The van der Waals surface area contributed by atoms with E-state index in [1.54, 1.807) is 16.7 Å². The van der Waals surface area contributed by atoms with Crippen LogP contribution in [0.1, 0.15) is 61.2 Å². The predicted molar refractivity (Wildman–Crippen MR) is 152 cm³/mol. The van der Waals surface area contributed by atoms with E-state index in [4.69, 9.17) is 14.6 Å². The monoisotopic (exact) mass is 546 g/mol. The van der Waals surface area contributed by atoms with E-state index in [9.17, 15) is 9.59 Å². The third-order valence-corrected chi connectivity index (χ3v) is 8.85. The fourth-order valence-electron chi connectivity index (χ4n) is 5.58. The molecule has 3 aliphatic heterocycles. The van der Waals surface area contributed by atoms with Crippen molar-refractivity contribution in [1.29, 1.82) is 0 Å². The molecule has 9 heteroatoms. The Balaban J connectivity index is 1.58. The molecule has 2 aromatic carbocycles. The molecular weight excluding hydrogens is 512 g/mol. The quantitative estimate of drug-likeness (QED) is 0.459. The number of anilines is 1. The molecule has 1 unspecified atom stereocenters. The summed E-state index contributed by atoms with van der Waals surface area (Å²) in [5.74, 6) is 2.24. The number of aryl methyl sites for hydroxylation is 1. The van der Waals surface area contributed by atoms with Gasteiger partial charge >= 0.3 is 0 Å². The normalized spacial score (nSPS) is 18.9. The van der Waals surface area contributed by atoms with Gasteiger partial charge in [0.15, 0.2) is 11.5 Å². The molecule has 0 N–H and O–H groups in total. The number of fused-ring (bicyclic) bond motifs is 2. The highest BCUT2D eigenvalue weighted by molar-refractivity contribution is 8.00. The zero-order valence-electron chi connectivity index (χ0n) is 22.9. The molecule has 39 heavy (non-hydrogen) atoms. The molecule has 1 fully saturated rings. The van der Waals surface area contributed by atoms with Crippen molar-refractivity contribution in [2.24, 2.45) is 0 Å². The number of ether oxygens (including phenoxy) is 2. The van der Waals surface area contributed by atoms with Gasteiger partial charge in [-0.05, 0) is 49.1 Å². The Morgan fingerprint density at radius 3 is 2.56 bits per heavy atom. The predicted octanol–water partition coefficient (Wildman–Crippen LogP) is 5.00. The zero-order valence-corrected chi connectivity index (χ0v) is 23.7. The third-order valence-electron chi connectivity index (χ3n) is 7.59. The topological polar surface area (TPSA) is 76.9 Å². The molecule has 8 nitrogen and oxygen atoms in total. The molecule has 3 aliphatic rings. The lowest BCUT2D eigenvalue weighted by Crippen LogP contribution is -2.43. The van der Waals surface area contributed by atoms with E-state index in [1.165, 1.54) is 0 Å². The second-order valence-corrected chi connectivity index (χ2v) is 12.5. The van der Waals surface area contributed by atoms with Gasteiger partial charge in [-0.25, -0.2) is 4.68 Å². The molecule has 0 bridgehead atoms. The van der Waals surface area contributed by atoms with Crippen LogP contribution in [0.4, 0.5) is 5.82 Å². The summed E-state index contributed by atoms with van der Waals surface area (Å²) in [4.78, 5) is 30.9. The minimum atomic E-state index is -0.314. The van der Waals surface area contributed by atoms with Crippen LogP contribution in [0.15, 0.2) is 42.5 Å². The number of aromatic nitrogens is 2. The van der Waals surface area contributed by atoms with Gasteiger partial charge in [0, 0.05) is 24.1 Å². The molecule has 1 atom stereocenters. The number of hydrogen-bond acceptors (Lipinski definition) is 6. The minimum absolute atomic E-state index is 0.00140. The maximum atomic E-state index is 13.9. The Morgan fingerprint density at radius 1 is 1.08 bits per heavy atom. The zero-order chi connectivity index (χ0) is 27.3. The van der Waals surface area contributed by atoms with Crippen molar-refractivity contribution in [1.82, 2.24) is 14.7 Å². The van der Waals surface area contributed by atoms with Gasteiger partial charge in [-0.1, -0.05) is 45.0 Å². The summed E-state index contributed by atoms with van der Waals surface area (Å²) < 4.78 is 13.2. The van der Waals surface area contributed by atoms with E-state index in [0.29, 0.717) is 11.6 Å². The number of benzene rings is 2. The van der Waals surface area contributed by atoms with E-state index in [-0.39, 0.29) is 41.6 Å². The molecule has 0 radical (unpaired) electrons. The summed E-state index contributed by atoms with van der Waals surface area (Å²) in [6, 6.07) is 14.0. The molecule has 4 heterocycles. The maximum absolute atomic E-state index is 13.9. The van der Waals surface area contributed by atoms with E-state index < -0.39 is 0 Å². The number of amides is 2. The van der Waals surface area contributed by atoms with Gasteiger partial charge in [0.1, 0.15) is 12.4 Å². The van der Waals surface area contributed by atoms with Gasteiger partial charge in [0.05, 0.1) is 22.4 Å². The number of nitrogens with zero attached hydrogens (tertiary/aromatic N) is 4. The van der Waals surface area contributed by atoms with Crippen molar-refractivity contribution in [3.63, 3.8) is 0 Å². The Bertz CT molecular complexity index is 1440. The Morgan fingerprint density at radius 2 is 1.82 bits per heavy atom. The number of para-hydroxylation sites is 1. The van der Waals surface area contributed by atoms with Crippen LogP contribution >= 0.6 is 11.8 Å². The Labute approximate surface area is 233 Å². The summed E-state index contributed by atoms with van der Waals surface area (Å²) in [6.45, 7) is 10.2. The van der Waals surface area contributed by atoms with Gasteiger partial charge in [-0.3, -0.25) is 14.5 Å². The van der Waals surface area contributed by atoms with Crippen LogP contribution in [-0.2, 0) is 15.0 Å². The van der Waals surface area contributed by atoms with Gasteiger partial charge in [0.2, 0.25) is 18.6 Å².